The van der Waals surface area contributed by atoms with Gasteiger partial charge in [0.1, 0.15) is 0 Å². The molecule has 0 aliphatic carbocycles. The first-order valence-electron chi connectivity index (χ1n) is 7.37. The molecule has 1 aromatic carbocycles. The molecule has 126 valence electrons. The molecule has 0 atom stereocenters. The Hall–Kier alpha value is -3.25. The highest BCUT2D eigenvalue weighted by molar-refractivity contribution is 7.44. The summed E-state index contributed by atoms with van der Waals surface area (Å²) in [6.45, 7) is 0. The second-order valence-electron chi connectivity index (χ2n) is 4.35. The van der Waals surface area contributed by atoms with E-state index in [9.17, 15) is 0 Å². The van der Waals surface area contributed by atoms with Gasteiger partial charge >= 0.3 is 0 Å². The van der Waals surface area contributed by atoms with Crippen LogP contribution in [0.4, 0.5) is 0 Å². The minimum Gasteiger partial charge on any atom is -0.306 e. The predicted octanol–water partition coefficient (Wildman–Crippen LogP) is 3.70. The topological polar surface area (TPSA) is 60.7 Å². The molecule has 0 saturated carbocycles. The van der Waals surface area contributed by atoms with Crippen molar-refractivity contribution in [1.29, 1.82) is 0 Å². The molecule has 4 aromatic rings. The predicted molar refractivity (Wildman–Crippen MR) is 100 cm³/mol. The zero-order chi connectivity index (χ0) is 18.0. The molecule has 0 aliphatic rings. The van der Waals surface area contributed by atoms with Crippen LogP contribution in [0.25, 0.3) is 5.69 Å². The summed E-state index contributed by atoms with van der Waals surface area (Å²) in [7, 11) is 0. The van der Waals surface area contributed by atoms with Crippen molar-refractivity contribution >= 4 is 12.5 Å². The quantitative estimate of drug-likeness (QED) is 0.524. The standard InChI is InChI=1S/C9H8N2.2C5H5N.OS/c1-2-4-9(5-3-1)11-7-6-10-8-11;2*1-2-4-6-5-3-1;1-2/h1-8H;2*1-5H;. The average Bonchev–Trinajstić information content (AvgIpc) is 3.29. The molecule has 0 bridgehead atoms. The monoisotopic (exact) mass is 350 g/mol. The minimum atomic E-state index is 1.14. The third-order valence-electron chi connectivity index (χ3n) is 2.69. The molecule has 0 spiro atoms. The Balaban J connectivity index is 0.000000192. The van der Waals surface area contributed by atoms with Gasteiger partial charge in [-0.3, -0.25) is 9.97 Å². The van der Waals surface area contributed by atoms with Gasteiger partial charge in [0.15, 0.2) is 12.5 Å². The Morgan fingerprint density at radius 2 is 1.08 bits per heavy atom. The van der Waals surface area contributed by atoms with Gasteiger partial charge in [-0.05, 0) is 36.4 Å². The van der Waals surface area contributed by atoms with E-state index in [2.05, 4.69) is 27.5 Å². The first kappa shape index (κ1) is 19.8. The summed E-state index contributed by atoms with van der Waals surface area (Å²) in [4.78, 5) is 11.5. The SMILES string of the molecule is O=S.c1ccc(-n2ccnc2)cc1.c1ccncc1.c1ccncc1. The number of hydrogen-bond acceptors (Lipinski definition) is 5. The molecule has 25 heavy (non-hydrogen) atoms. The number of pyridine rings is 2. The first-order chi connectivity index (χ1) is 12.5. The van der Waals surface area contributed by atoms with E-state index in [-0.39, 0.29) is 0 Å². The molecule has 0 amide bonds. The van der Waals surface area contributed by atoms with E-state index in [1.54, 1.807) is 37.3 Å². The number of imidazole rings is 1. The van der Waals surface area contributed by atoms with Gasteiger partial charge < -0.3 is 4.57 Å². The highest BCUT2D eigenvalue weighted by atomic mass is 32.1. The van der Waals surface area contributed by atoms with Crippen molar-refractivity contribution in [2.24, 2.45) is 0 Å². The molecule has 5 nitrogen and oxygen atoms in total. The van der Waals surface area contributed by atoms with Gasteiger partial charge in [0.25, 0.3) is 0 Å². The Morgan fingerprint density at radius 3 is 1.40 bits per heavy atom. The Labute approximate surface area is 152 Å². The van der Waals surface area contributed by atoms with Crippen molar-refractivity contribution < 1.29 is 4.21 Å². The number of aromatic nitrogens is 4. The van der Waals surface area contributed by atoms with Crippen LogP contribution in [0.2, 0.25) is 0 Å². The summed E-state index contributed by atoms with van der Waals surface area (Å²) < 4.78 is 9.81. The highest BCUT2D eigenvalue weighted by Crippen LogP contribution is 2.04. The lowest BCUT2D eigenvalue weighted by Gasteiger charge is -1.98. The van der Waals surface area contributed by atoms with Crippen molar-refractivity contribution in [1.82, 2.24) is 19.5 Å². The van der Waals surface area contributed by atoms with E-state index < -0.39 is 0 Å². The van der Waals surface area contributed by atoms with Gasteiger partial charge in [-0.15, -0.1) is 0 Å². The number of hydrogen-bond donors (Lipinski definition) is 0. The molecule has 3 heterocycles. The molecular weight excluding hydrogens is 332 g/mol. The molecule has 0 N–H and O–H groups in total. The van der Waals surface area contributed by atoms with Crippen LogP contribution in [0.5, 0.6) is 0 Å². The van der Waals surface area contributed by atoms with Crippen molar-refractivity contribution in [3.8, 4) is 5.69 Å². The number of nitrogens with zero attached hydrogens (tertiary/aromatic N) is 4. The highest BCUT2D eigenvalue weighted by Gasteiger charge is 1.89. The third-order valence-corrected chi connectivity index (χ3v) is 2.69. The zero-order valence-corrected chi connectivity index (χ0v) is 14.3. The van der Waals surface area contributed by atoms with E-state index in [1.807, 2.05) is 77.5 Å². The van der Waals surface area contributed by atoms with Crippen LogP contribution in [0.1, 0.15) is 0 Å². The molecule has 0 radical (unpaired) electrons. The summed E-state index contributed by atoms with van der Waals surface area (Å²) in [5.41, 5.74) is 1.14. The molecule has 4 rings (SSSR count). The van der Waals surface area contributed by atoms with Gasteiger partial charge in [0.2, 0.25) is 0 Å². The van der Waals surface area contributed by atoms with Gasteiger partial charge in [-0.1, -0.05) is 30.3 Å². The summed E-state index contributed by atoms with van der Waals surface area (Å²) in [6, 6.07) is 21.5. The molecule has 6 heteroatoms. The molecular formula is C19H18N4OS. The smallest absolute Gasteiger partial charge is 0.197 e. The lowest BCUT2D eigenvalue weighted by atomic mass is 10.3. The van der Waals surface area contributed by atoms with E-state index in [0.717, 1.165) is 5.69 Å². The van der Waals surface area contributed by atoms with Gasteiger partial charge in [0, 0.05) is 42.9 Å². The fourth-order valence-corrected chi connectivity index (χ4v) is 1.64. The van der Waals surface area contributed by atoms with Crippen LogP contribution in [-0.2, 0) is 12.5 Å². The number of rotatable bonds is 1. The van der Waals surface area contributed by atoms with Gasteiger partial charge in [0.05, 0.1) is 6.33 Å². The van der Waals surface area contributed by atoms with Crippen LogP contribution >= 0.6 is 0 Å². The van der Waals surface area contributed by atoms with Crippen molar-refractivity contribution in [2.45, 2.75) is 0 Å². The number of para-hydroxylation sites is 1. The van der Waals surface area contributed by atoms with Crippen LogP contribution in [-0.4, -0.2) is 23.7 Å². The maximum Gasteiger partial charge on any atom is 0.197 e. The lowest BCUT2D eigenvalue weighted by molar-refractivity contribution is 0.702. The Kier molecular flexibility index (Phi) is 11.4. The molecule has 0 aliphatic heterocycles. The van der Waals surface area contributed by atoms with E-state index in [0.29, 0.717) is 0 Å². The third kappa shape index (κ3) is 9.47. The maximum atomic E-state index is 7.83. The minimum absolute atomic E-state index is 1.14. The first-order valence-corrected chi connectivity index (χ1v) is 7.70. The summed E-state index contributed by atoms with van der Waals surface area (Å²) in [6.07, 6.45) is 12.5. The summed E-state index contributed by atoms with van der Waals surface area (Å²) in [5, 5.41) is 0. The molecule has 0 saturated heterocycles. The molecule has 0 unspecified atom stereocenters. The van der Waals surface area contributed by atoms with E-state index >= 15 is 0 Å². The summed E-state index contributed by atoms with van der Waals surface area (Å²) >= 11 is 2.83. The van der Waals surface area contributed by atoms with Crippen molar-refractivity contribution in [3.05, 3.63) is 110 Å². The van der Waals surface area contributed by atoms with Crippen molar-refractivity contribution in [2.75, 3.05) is 0 Å². The number of benzene rings is 1. The van der Waals surface area contributed by atoms with Gasteiger partial charge in [-0.25, -0.2) is 4.98 Å². The van der Waals surface area contributed by atoms with Crippen LogP contribution < -0.4 is 0 Å². The fourth-order valence-electron chi connectivity index (χ4n) is 1.64. The molecule has 3 aromatic heterocycles. The lowest BCUT2D eigenvalue weighted by Crippen LogP contribution is -1.87. The van der Waals surface area contributed by atoms with Crippen LogP contribution in [0, 0.1) is 0 Å². The van der Waals surface area contributed by atoms with Gasteiger partial charge in [-0.2, -0.15) is 4.21 Å². The normalized spacial score (nSPS) is 8.32. The molecule has 0 fully saturated rings. The zero-order valence-electron chi connectivity index (χ0n) is 13.5. The summed E-state index contributed by atoms with van der Waals surface area (Å²) in [5.74, 6) is 0. The van der Waals surface area contributed by atoms with Crippen molar-refractivity contribution in [3.63, 3.8) is 0 Å². The van der Waals surface area contributed by atoms with E-state index in [4.69, 9.17) is 4.21 Å². The van der Waals surface area contributed by atoms with Crippen LogP contribution in [0.3, 0.4) is 0 Å². The average molecular weight is 350 g/mol. The largest absolute Gasteiger partial charge is 0.306 e. The van der Waals surface area contributed by atoms with E-state index in [1.165, 1.54) is 0 Å². The maximum absolute atomic E-state index is 7.83. The Morgan fingerprint density at radius 1 is 0.600 bits per heavy atom. The second kappa shape index (κ2) is 14.3. The van der Waals surface area contributed by atoms with Crippen LogP contribution in [0.15, 0.2) is 110 Å². The Bertz CT molecular complexity index is 653. The fraction of sp³-hybridized carbons (Fsp3) is 0. The second-order valence-corrected chi connectivity index (χ2v) is 4.35.